The van der Waals surface area contributed by atoms with Crippen LogP contribution < -0.4 is 9.46 Å². The molecule has 1 saturated carbocycles. The number of amides is 1. The molecule has 1 N–H and O–H groups in total. The lowest BCUT2D eigenvalue weighted by Gasteiger charge is -2.31. The van der Waals surface area contributed by atoms with E-state index in [4.69, 9.17) is 4.74 Å². The van der Waals surface area contributed by atoms with E-state index in [2.05, 4.69) is 4.72 Å². The number of nitrogens with one attached hydrogen (secondary N) is 1. The summed E-state index contributed by atoms with van der Waals surface area (Å²) >= 11 is 0. The van der Waals surface area contributed by atoms with Crippen molar-refractivity contribution in [1.29, 1.82) is 0 Å². The summed E-state index contributed by atoms with van der Waals surface area (Å²) < 4.78 is 32.7. The molecule has 1 atom stereocenters. The lowest BCUT2D eigenvalue weighted by Crippen LogP contribution is -2.35. The van der Waals surface area contributed by atoms with Gasteiger partial charge in [-0.15, -0.1) is 0 Å². The van der Waals surface area contributed by atoms with Crippen molar-refractivity contribution < 1.29 is 17.9 Å². The van der Waals surface area contributed by atoms with E-state index in [1.807, 2.05) is 29.2 Å². The number of ether oxygens (including phenoxy) is 1. The lowest BCUT2D eigenvalue weighted by atomic mass is 10.00. The van der Waals surface area contributed by atoms with Gasteiger partial charge in [0.05, 0.1) is 18.0 Å². The van der Waals surface area contributed by atoms with Crippen molar-refractivity contribution in [2.24, 2.45) is 0 Å². The molecule has 2 aliphatic rings. The van der Waals surface area contributed by atoms with E-state index >= 15 is 0 Å². The molecule has 7 heteroatoms. The number of carbonyl (C=O) groups excluding carboxylic acids is 1. The fourth-order valence-electron chi connectivity index (χ4n) is 3.96. The summed E-state index contributed by atoms with van der Waals surface area (Å²) in [5.74, 6) is 0.735. The number of likely N-dealkylation sites (tertiary alicyclic amines) is 1. The molecule has 4 rings (SSSR count). The Bertz CT molecular complexity index is 983. The molecule has 0 spiro atoms. The van der Waals surface area contributed by atoms with Crippen molar-refractivity contribution in [3.63, 3.8) is 0 Å². The highest BCUT2D eigenvalue weighted by Crippen LogP contribution is 2.32. The van der Waals surface area contributed by atoms with Crippen molar-refractivity contribution in [2.75, 3.05) is 13.7 Å². The first-order valence-corrected chi connectivity index (χ1v) is 12.0. The van der Waals surface area contributed by atoms with Crippen LogP contribution in [-0.2, 0) is 10.0 Å². The van der Waals surface area contributed by atoms with Crippen LogP contribution in [0, 0.1) is 0 Å². The average molecular weight is 429 g/mol. The van der Waals surface area contributed by atoms with Gasteiger partial charge >= 0.3 is 0 Å². The molecule has 6 nitrogen and oxygen atoms in total. The second kappa shape index (κ2) is 8.78. The first kappa shape index (κ1) is 20.9. The number of benzene rings is 2. The molecule has 160 valence electrons. The van der Waals surface area contributed by atoms with Gasteiger partial charge in [0.1, 0.15) is 5.75 Å². The molecule has 2 aromatic carbocycles. The maximum Gasteiger partial charge on any atom is 0.254 e. The summed E-state index contributed by atoms with van der Waals surface area (Å²) in [4.78, 5) is 15.5. The normalized spacial score (nSPS) is 19.9. The van der Waals surface area contributed by atoms with E-state index in [1.165, 1.54) is 12.1 Å². The summed E-state index contributed by atoms with van der Waals surface area (Å²) in [5.41, 5.74) is 1.61. The van der Waals surface area contributed by atoms with Crippen molar-refractivity contribution in [3.05, 3.63) is 59.7 Å². The van der Waals surface area contributed by atoms with Crippen LogP contribution in [0.4, 0.5) is 0 Å². The van der Waals surface area contributed by atoms with Crippen LogP contribution >= 0.6 is 0 Å². The molecule has 30 heavy (non-hydrogen) atoms. The van der Waals surface area contributed by atoms with Crippen LogP contribution in [0.2, 0.25) is 0 Å². The van der Waals surface area contributed by atoms with E-state index in [-0.39, 0.29) is 22.9 Å². The quantitative estimate of drug-likeness (QED) is 0.757. The third kappa shape index (κ3) is 4.68. The van der Waals surface area contributed by atoms with Gasteiger partial charge < -0.3 is 9.64 Å². The summed E-state index contributed by atoms with van der Waals surface area (Å²) in [6.45, 7) is 0.693. The Hall–Kier alpha value is -2.38. The number of sulfonamides is 1. The van der Waals surface area contributed by atoms with Gasteiger partial charge in [0.15, 0.2) is 0 Å². The van der Waals surface area contributed by atoms with Gasteiger partial charge in [-0.2, -0.15) is 0 Å². The number of nitrogens with zero attached hydrogens (tertiary/aromatic N) is 1. The molecule has 1 heterocycles. The third-order valence-corrected chi connectivity index (χ3v) is 7.36. The van der Waals surface area contributed by atoms with Gasteiger partial charge in [-0.3, -0.25) is 4.79 Å². The molecule has 0 aromatic heterocycles. The molecule has 0 radical (unpaired) electrons. The van der Waals surface area contributed by atoms with Gasteiger partial charge in [0, 0.05) is 18.2 Å². The fraction of sp³-hybridized carbons (Fsp3) is 0.435. The summed E-state index contributed by atoms with van der Waals surface area (Å²) in [6.07, 6.45) is 5.83. The predicted molar refractivity (Wildman–Crippen MR) is 115 cm³/mol. The molecule has 0 bridgehead atoms. The monoisotopic (exact) mass is 428 g/mol. The molecule has 2 fully saturated rings. The number of carbonyl (C=O) groups is 1. The first-order valence-electron chi connectivity index (χ1n) is 10.6. The van der Waals surface area contributed by atoms with E-state index < -0.39 is 10.0 Å². The van der Waals surface area contributed by atoms with Crippen LogP contribution in [0.3, 0.4) is 0 Å². The first-order chi connectivity index (χ1) is 14.5. The van der Waals surface area contributed by atoms with E-state index in [9.17, 15) is 13.2 Å². The Morgan fingerprint density at radius 2 is 1.67 bits per heavy atom. The van der Waals surface area contributed by atoms with Gasteiger partial charge in [-0.25, -0.2) is 13.1 Å². The van der Waals surface area contributed by atoms with Crippen molar-refractivity contribution in [2.45, 2.75) is 55.5 Å². The SMILES string of the molecule is COc1ccc(C2CCCCCN2C(=O)c2ccc(S(=O)(=O)NC3CC3)cc2)cc1. The van der Waals surface area contributed by atoms with Crippen LogP contribution in [0.1, 0.15) is 60.5 Å². The van der Waals surface area contributed by atoms with Crippen molar-refractivity contribution in [3.8, 4) is 5.75 Å². The highest BCUT2D eigenvalue weighted by Gasteiger charge is 2.30. The predicted octanol–water partition coefficient (Wildman–Crippen LogP) is 3.89. The lowest BCUT2D eigenvalue weighted by molar-refractivity contribution is 0.0681. The molecular formula is C23H28N2O4S. The molecule has 1 amide bonds. The topological polar surface area (TPSA) is 75.7 Å². The standard InChI is InChI=1S/C23H28N2O4S/c1-29-20-12-6-17(7-13-20)22-5-3-2-4-16-25(22)23(26)18-8-14-21(15-9-18)30(27,28)24-19-10-11-19/h6-9,12-15,19,22,24H,2-5,10-11,16H2,1H3. The van der Waals surface area contributed by atoms with Crippen molar-refractivity contribution in [1.82, 2.24) is 9.62 Å². The Morgan fingerprint density at radius 3 is 2.30 bits per heavy atom. The van der Waals surface area contributed by atoms with Crippen LogP contribution in [0.15, 0.2) is 53.4 Å². The van der Waals surface area contributed by atoms with Crippen LogP contribution in [-0.4, -0.2) is 38.9 Å². The molecule has 1 unspecified atom stereocenters. The zero-order chi connectivity index (χ0) is 21.1. The molecule has 1 saturated heterocycles. The smallest absolute Gasteiger partial charge is 0.254 e. The van der Waals surface area contributed by atoms with Crippen molar-refractivity contribution >= 4 is 15.9 Å². The van der Waals surface area contributed by atoms with Crippen LogP contribution in [0.5, 0.6) is 5.75 Å². The number of methoxy groups -OCH3 is 1. The molecule has 1 aliphatic carbocycles. The molecular weight excluding hydrogens is 400 g/mol. The Labute approximate surface area is 178 Å². The second-order valence-corrected chi connectivity index (χ2v) is 9.77. The van der Waals surface area contributed by atoms with Crippen LogP contribution in [0.25, 0.3) is 0 Å². The molecule has 1 aliphatic heterocycles. The molecule has 2 aromatic rings. The van der Waals surface area contributed by atoms with E-state index in [1.54, 1.807) is 19.2 Å². The summed E-state index contributed by atoms with van der Waals surface area (Å²) in [6, 6.07) is 14.3. The highest BCUT2D eigenvalue weighted by molar-refractivity contribution is 7.89. The largest absolute Gasteiger partial charge is 0.497 e. The number of hydrogen-bond donors (Lipinski definition) is 1. The maximum absolute atomic E-state index is 13.3. The highest BCUT2D eigenvalue weighted by atomic mass is 32.2. The van der Waals surface area contributed by atoms with Gasteiger partial charge in [-0.05, 0) is 67.6 Å². The maximum atomic E-state index is 13.3. The van der Waals surface area contributed by atoms with Gasteiger partial charge in [-0.1, -0.05) is 25.0 Å². The average Bonchev–Trinajstić information content (AvgIpc) is 3.59. The Morgan fingerprint density at radius 1 is 0.967 bits per heavy atom. The zero-order valence-corrected chi connectivity index (χ0v) is 18.0. The number of rotatable bonds is 6. The Balaban J connectivity index is 1.55. The van der Waals surface area contributed by atoms with E-state index in [0.717, 1.165) is 49.8 Å². The minimum Gasteiger partial charge on any atom is -0.497 e. The third-order valence-electron chi connectivity index (χ3n) is 5.82. The minimum absolute atomic E-state index is 0.00542. The van der Waals surface area contributed by atoms with E-state index in [0.29, 0.717) is 12.1 Å². The summed E-state index contributed by atoms with van der Waals surface area (Å²) in [7, 11) is -1.88. The van der Waals surface area contributed by atoms with Gasteiger partial charge in [0.25, 0.3) is 5.91 Å². The minimum atomic E-state index is -3.52. The zero-order valence-electron chi connectivity index (χ0n) is 17.2. The van der Waals surface area contributed by atoms with Gasteiger partial charge in [0.2, 0.25) is 10.0 Å². The Kier molecular flexibility index (Phi) is 6.11. The second-order valence-electron chi connectivity index (χ2n) is 8.06. The number of hydrogen-bond acceptors (Lipinski definition) is 4. The fourth-order valence-corrected chi connectivity index (χ4v) is 5.26. The summed E-state index contributed by atoms with van der Waals surface area (Å²) in [5, 5.41) is 0.